The van der Waals surface area contributed by atoms with E-state index in [0.29, 0.717) is 5.41 Å². The zero-order valence-corrected chi connectivity index (χ0v) is 8.43. The Morgan fingerprint density at radius 1 is 1.08 bits per heavy atom. The molecule has 2 rings (SSSR count). The van der Waals surface area contributed by atoms with Crippen molar-refractivity contribution in [1.29, 1.82) is 0 Å². The molecule has 0 bridgehead atoms. The molecule has 2 N–H and O–H groups in total. The van der Waals surface area contributed by atoms with Crippen molar-refractivity contribution < 1.29 is 4.84 Å². The van der Waals surface area contributed by atoms with Crippen LogP contribution in [0.2, 0.25) is 0 Å². The molecule has 0 aromatic carbocycles. The van der Waals surface area contributed by atoms with Crippen molar-refractivity contribution in [2.24, 2.45) is 17.2 Å². The molecule has 0 heterocycles. The van der Waals surface area contributed by atoms with Crippen molar-refractivity contribution in [1.82, 2.24) is 0 Å². The van der Waals surface area contributed by atoms with Gasteiger partial charge in [-0.25, -0.2) is 5.90 Å². The molecule has 0 aromatic rings. The highest BCUT2D eigenvalue weighted by molar-refractivity contribution is 4.98. The smallest absolute Gasteiger partial charge is 0.0738 e. The maximum Gasteiger partial charge on any atom is 0.0738 e. The Kier molecular flexibility index (Phi) is 2.89. The zero-order valence-electron chi connectivity index (χ0n) is 8.43. The van der Waals surface area contributed by atoms with E-state index in [0.717, 1.165) is 12.5 Å². The summed E-state index contributed by atoms with van der Waals surface area (Å²) in [5.41, 5.74) is 0.513. The molecule has 76 valence electrons. The Hall–Kier alpha value is -0.0800. The summed E-state index contributed by atoms with van der Waals surface area (Å²) in [4.78, 5) is 4.86. The number of rotatable bonds is 3. The van der Waals surface area contributed by atoms with Gasteiger partial charge in [0.25, 0.3) is 0 Å². The lowest BCUT2D eigenvalue weighted by Crippen LogP contribution is -2.23. The second-order valence-corrected chi connectivity index (χ2v) is 4.86. The molecule has 0 unspecified atom stereocenters. The van der Waals surface area contributed by atoms with Crippen molar-refractivity contribution in [2.75, 3.05) is 6.61 Å². The van der Waals surface area contributed by atoms with Crippen LogP contribution in [0.4, 0.5) is 0 Å². The Morgan fingerprint density at radius 3 is 2.15 bits per heavy atom. The minimum Gasteiger partial charge on any atom is -0.304 e. The summed E-state index contributed by atoms with van der Waals surface area (Å²) >= 11 is 0. The molecule has 2 aliphatic carbocycles. The van der Waals surface area contributed by atoms with Gasteiger partial charge in [0, 0.05) is 0 Å². The van der Waals surface area contributed by atoms with Crippen LogP contribution in [0.15, 0.2) is 0 Å². The third-order valence-corrected chi connectivity index (χ3v) is 3.98. The van der Waals surface area contributed by atoms with Crippen molar-refractivity contribution >= 4 is 0 Å². The molecular formula is C11H21NO. The number of nitrogens with two attached hydrogens (primary N) is 1. The first-order valence-electron chi connectivity index (χ1n) is 5.69. The molecule has 0 aliphatic heterocycles. The van der Waals surface area contributed by atoms with Gasteiger partial charge in [0.2, 0.25) is 0 Å². The molecule has 0 spiro atoms. The average Bonchev–Trinajstić information content (AvgIpc) is 2.87. The lowest BCUT2D eigenvalue weighted by Gasteiger charge is -2.24. The fourth-order valence-electron chi connectivity index (χ4n) is 2.89. The van der Waals surface area contributed by atoms with E-state index in [1.54, 1.807) is 0 Å². The first-order chi connectivity index (χ1) is 6.37. The lowest BCUT2D eigenvalue weighted by atomic mass is 9.84. The quantitative estimate of drug-likeness (QED) is 0.539. The fraction of sp³-hybridized carbons (Fsp3) is 1.00. The van der Waals surface area contributed by atoms with Gasteiger partial charge in [-0.3, -0.25) is 0 Å². The van der Waals surface area contributed by atoms with Gasteiger partial charge in [-0.15, -0.1) is 0 Å². The summed E-state index contributed by atoms with van der Waals surface area (Å²) in [6.07, 6.45) is 11.3. The largest absolute Gasteiger partial charge is 0.304 e. The molecule has 2 saturated carbocycles. The minimum absolute atomic E-state index is 0.513. The minimum atomic E-state index is 0.513. The van der Waals surface area contributed by atoms with E-state index in [-0.39, 0.29) is 0 Å². The topological polar surface area (TPSA) is 35.2 Å². The molecule has 2 fully saturated rings. The predicted molar refractivity (Wildman–Crippen MR) is 53.0 cm³/mol. The summed E-state index contributed by atoms with van der Waals surface area (Å²) in [6.45, 7) is 0.803. The Bertz CT molecular complexity index is 157. The first-order valence-corrected chi connectivity index (χ1v) is 5.69. The summed E-state index contributed by atoms with van der Waals surface area (Å²) in [7, 11) is 0. The van der Waals surface area contributed by atoms with Crippen LogP contribution >= 0.6 is 0 Å². The van der Waals surface area contributed by atoms with Crippen LogP contribution in [0.25, 0.3) is 0 Å². The summed E-state index contributed by atoms with van der Waals surface area (Å²) < 4.78 is 0. The molecule has 0 atom stereocenters. The van der Waals surface area contributed by atoms with Crippen molar-refractivity contribution in [3.8, 4) is 0 Å². The highest BCUT2D eigenvalue weighted by Crippen LogP contribution is 2.55. The maximum atomic E-state index is 5.20. The maximum absolute atomic E-state index is 5.20. The van der Waals surface area contributed by atoms with E-state index in [1.165, 1.54) is 51.4 Å². The zero-order chi connectivity index (χ0) is 9.15. The van der Waals surface area contributed by atoms with Crippen LogP contribution in [-0.2, 0) is 4.84 Å². The molecule has 13 heavy (non-hydrogen) atoms. The van der Waals surface area contributed by atoms with Gasteiger partial charge >= 0.3 is 0 Å². The van der Waals surface area contributed by atoms with Crippen LogP contribution in [0, 0.1) is 11.3 Å². The second-order valence-electron chi connectivity index (χ2n) is 4.86. The molecule has 0 amide bonds. The van der Waals surface area contributed by atoms with Gasteiger partial charge in [-0.05, 0) is 37.0 Å². The second kappa shape index (κ2) is 3.97. The Morgan fingerprint density at radius 2 is 1.69 bits per heavy atom. The van der Waals surface area contributed by atoms with Gasteiger partial charge < -0.3 is 4.84 Å². The monoisotopic (exact) mass is 183 g/mol. The SMILES string of the molecule is NOCC1(C2CCCCCC2)CC1. The summed E-state index contributed by atoms with van der Waals surface area (Å²) in [5, 5.41) is 0. The van der Waals surface area contributed by atoms with E-state index in [2.05, 4.69) is 0 Å². The van der Waals surface area contributed by atoms with Crippen LogP contribution < -0.4 is 5.90 Å². The van der Waals surface area contributed by atoms with Crippen LogP contribution in [-0.4, -0.2) is 6.61 Å². The normalized spacial score (nSPS) is 28.4. The molecule has 2 aliphatic rings. The fourth-order valence-corrected chi connectivity index (χ4v) is 2.89. The molecule has 2 heteroatoms. The lowest BCUT2D eigenvalue weighted by molar-refractivity contribution is 0.0602. The molecular weight excluding hydrogens is 162 g/mol. The van der Waals surface area contributed by atoms with Crippen molar-refractivity contribution in [3.63, 3.8) is 0 Å². The summed E-state index contributed by atoms with van der Waals surface area (Å²) in [6, 6.07) is 0. The standard InChI is InChI=1S/C11H21NO/c12-13-9-11(7-8-11)10-5-3-1-2-4-6-10/h10H,1-9,12H2. The Labute approximate surface area is 80.8 Å². The number of hydrogen-bond acceptors (Lipinski definition) is 2. The van der Waals surface area contributed by atoms with E-state index in [4.69, 9.17) is 10.7 Å². The van der Waals surface area contributed by atoms with E-state index in [9.17, 15) is 0 Å². The summed E-state index contributed by atoms with van der Waals surface area (Å²) in [5.74, 6) is 6.12. The van der Waals surface area contributed by atoms with Crippen LogP contribution in [0.5, 0.6) is 0 Å². The highest BCUT2D eigenvalue weighted by Gasteiger charge is 2.48. The Balaban J connectivity index is 1.90. The van der Waals surface area contributed by atoms with Gasteiger partial charge in [-0.1, -0.05) is 25.7 Å². The third kappa shape index (κ3) is 2.05. The van der Waals surface area contributed by atoms with Gasteiger partial charge in [-0.2, -0.15) is 0 Å². The van der Waals surface area contributed by atoms with Gasteiger partial charge in [0.15, 0.2) is 0 Å². The molecule has 0 aromatic heterocycles. The van der Waals surface area contributed by atoms with Crippen LogP contribution in [0.1, 0.15) is 51.4 Å². The molecule has 0 radical (unpaired) electrons. The highest BCUT2D eigenvalue weighted by atomic mass is 16.6. The molecule has 2 nitrogen and oxygen atoms in total. The molecule has 0 saturated heterocycles. The van der Waals surface area contributed by atoms with Crippen molar-refractivity contribution in [3.05, 3.63) is 0 Å². The van der Waals surface area contributed by atoms with Gasteiger partial charge in [0.1, 0.15) is 0 Å². The van der Waals surface area contributed by atoms with Crippen LogP contribution in [0.3, 0.4) is 0 Å². The number of hydrogen-bond donors (Lipinski definition) is 1. The predicted octanol–water partition coefficient (Wildman–Crippen LogP) is 2.63. The van der Waals surface area contributed by atoms with E-state index >= 15 is 0 Å². The van der Waals surface area contributed by atoms with E-state index < -0.39 is 0 Å². The van der Waals surface area contributed by atoms with Gasteiger partial charge in [0.05, 0.1) is 6.61 Å². The average molecular weight is 183 g/mol. The van der Waals surface area contributed by atoms with Crippen molar-refractivity contribution in [2.45, 2.75) is 51.4 Å². The third-order valence-electron chi connectivity index (χ3n) is 3.98. The van der Waals surface area contributed by atoms with E-state index in [1.807, 2.05) is 0 Å². The first kappa shape index (κ1) is 9.47.